The standard InChI is InChI=1S/C11H14O2S/c1-13-10-4-2-3-9(7-10)11(12)5-6-14-8-11/h2-4,7,12H,5-6,8H2,1H3/t11-/m0/s1. The lowest BCUT2D eigenvalue weighted by Crippen LogP contribution is -2.24. The van der Waals surface area contributed by atoms with E-state index in [0.717, 1.165) is 29.2 Å². The van der Waals surface area contributed by atoms with Crippen LogP contribution in [0.1, 0.15) is 12.0 Å². The van der Waals surface area contributed by atoms with Crippen molar-refractivity contribution in [3.8, 4) is 5.75 Å². The van der Waals surface area contributed by atoms with E-state index in [1.807, 2.05) is 24.3 Å². The average molecular weight is 210 g/mol. The summed E-state index contributed by atoms with van der Waals surface area (Å²) in [6.45, 7) is 0. The molecule has 0 saturated carbocycles. The van der Waals surface area contributed by atoms with Crippen LogP contribution < -0.4 is 4.74 Å². The molecule has 1 aromatic carbocycles. The Hall–Kier alpha value is -0.670. The monoisotopic (exact) mass is 210 g/mol. The van der Waals surface area contributed by atoms with Crippen molar-refractivity contribution in [2.75, 3.05) is 18.6 Å². The Balaban J connectivity index is 2.30. The summed E-state index contributed by atoms with van der Waals surface area (Å²) in [5.74, 6) is 2.64. The molecule has 1 atom stereocenters. The maximum absolute atomic E-state index is 10.3. The minimum Gasteiger partial charge on any atom is -0.497 e. The highest BCUT2D eigenvalue weighted by molar-refractivity contribution is 7.99. The molecule has 1 aliphatic rings. The van der Waals surface area contributed by atoms with E-state index in [1.54, 1.807) is 18.9 Å². The van der Waals surface area contributed by atoms with Crippen LogP contribution in [0.5, 0.6) is 5.75 Å². The van der Waals surface area contributed by atoms with Crippen molar-refractivity contribution >= 4 is 11.8 Å². The zero-order valence-corrected chi connectivity index (χ0v) is 9.01. The summed E-state index contributed by atoms with van der Waals surface area (Å²) in [4.78, 5) is 0. The van der Waals surface area contributed by atoms with Gasteiger partial charge >= 0.3 is 0 Å². The van der Waals surface area contributed by atoms with Gasteiger partial charge in [0.25, 0.3) is 0 Å². The molecule has 3 heteroatoms. The number of aliphatic hydroxyl groups is 1. The van der Waals surface area contributed by atoms with Crippen LogP contribution in [0, 0.1) is 0 Å². The number of rotatable bonds is 2. The number of hydrogen-bond acceptors (Lipinski definition) is 3. The van der Waals surface area contributed by atoms with Crippen molar-refractivity contribution in [1.82, 2.24) is 0 Å². The molecule has 2 nitrogen and oxygen atoms in total. The predicted molar refractivity (Wildman–Crippen MR) is 58.8 cm³/mol. The van der Waals surface area contributed by atoms with Crippen molar-refractivity contribution in [2.45, 2.75) is 12.0 Å². The van der Waals surface area contributed by atoms with Gasteiger partial charge in [0, 0.05) is 5.75 Å². The number of methoxy groups -OCH3 is 1. The molecule has 0 spiro atoms. The van der Waals surface area contributed by atoms with Gasteiger partial charge in [-0.3, -0.25) is 0 Å². The van der Waals surface area contributed by atoms with Crippen LogP contribution in [0.25, 0.3) is 0 Å². The Morgan fingerprint density at radius 3 is 3.00 bits per heavy atom. The lowest BCUT2D eigenvalue weighted by molar-refractivity contribution is 0.0655. The molecule has 1 heterocycles. The third-order valence-corrected chi connectivity index (χ3v) is 3.78. The van der Waals surface area contributed by atoms with Gasteiger partial charge in [0.2, 0.25) is 0 Å². The molecule has 1 N–H and O–H groups in total. The zero-order chi connectivity index (χ0) is 10.0. The molecule has 0 unspecified atom stereocenters. The van der Waals surface area contributed by atoms with Gasteiger partial charge in [-0.1, -0.05) is 12.1 Å². The molecule has 1 saturated heterocycles. The van der Waals surface area contributed by atoms with E-state index in [1.165, 1.54) is 0 Å². The summed E-state index contributed by atoms with van der Waals surface area (Å²) in [6, 6.07) is 7.71. The quantitative estimate of drug-likeness (QED) is 0.809. The maximum Gasteiger partial charge on any atom is 0.119 e. The summed E-state index contributed by atoms with van der Waals surface area (Å²) in [7, 11) is 1.65. The molecule has 0 aromatic heterocycles. The molecule has 1 aliphatic heterocycles. The van der Waals surface area contributed by atoms with E-state index in [0.29, 0.717) is 0 Å². The summed E-state index contributed by atoms with van der Waals surface area (Å²) in [6.07, 6.45) is 0.838. The fraction of sp³-hybridized carbons (Fsp3) is 0.455. The van der Waals surface area contributed by atoms with E-state index in [-0.39, 0.29) is 0 Å². The molecule has 2 rings (SSSR count). The molecule has 14 heavy (non-hydrogen) atoms. The molecule has 0 amide bonds. The fourth-order valence-electron chi connectivity index (χ4n) is 1.69. The molecule has 1 aromatic rings. The Morgan fingerprint density at radius 1 is 1.50 bits per heavy atom. The third kappa shape index (κ3) is 1.74. The molecule has 76 valence electrons. The van der Waals surface area contributed by atoms with Gasteiger partial charge in [0.1, 0.15) is 5.75 Å². The third-order valence-electron chi connectivity index (χ3n) is 2.61. The topological polar surface area (TPSA) is 29.5 Å². The van der Waals surface area contributed by atoms with Gasteiger partial charge < -0.3 is 9.84 Å². The minimum atomic E-state index is -0.640. The van der Waals surface area contributed by atoms with Gasteiger partial charge in [-0.2, -0.15) is 11.8 Å². The Kier molecular flexibility index (Phi) is 2.70. The largest absolute Gasteiger partial charge is 0.497 e. The van der Waals surface area contributed by atoms with E-state index in [4.69, 9.17) is 4.74 Å². The van der Waals surface area contributed by atoms with Gasteiger partial charge in [-0.15, -0.1) is 0 Å². The van der Waals surface area contributed by atoms with Crippen LogP contribution in [-0.4, -0.2) is 23.7 Å². The maximum atomic E-state index is 10.3. The summed E-state index contributed by atoms with van der Waals surface area (Å²) >= 11 is 1.80. The number of hydrogen-bond donors (Lipinski definition) is 1. The van der Waals surface area contributed by atoms with Crippen LogP contribution in [0.15, 0.2) is 24.3 Å². The molecule has 1 fully saturated rings. The van der Waals surface area contributed by atoms with Crippen molar-refractivity contribution < 1.29 is 9.84 Å². The second kappa shape index (κ2) is 3.83. The van der Waals surface area contributed by atoms with Crippen LogP contribution in [0.3, 0.4) is 0 Å². The molecule has 0 bridgehead atoms. The van der Waals surface area contributed by atoms with Gasteiger partial charge in [0.05, 0.1) is 12.7 Å². The average Bonchev–Trinajstić information content (AvgIpc) is 2.67. The summed E-state index contributed by atoms with van der Waals surface area (Å²) in [5, 5.41) is 10.3. The van der Waals surface area contributed by atoms with Crippen LogP contribution in [-0.2, 0) is 5.60 Å². The highest BCUT2D eigenvalue weighted by Crippen LogP contribution is 2.37. The second-order valence-electron chi connectivity index (χ2n) is 3.57. The molecule has 0 aliphatic carbocycles. The number of thioether (sulfide) groups is 1. The Bertz CT molecular complexity index is 319. The Morgan fingerprint density at radius 2 is 2.36 bits per heavy atom. The van der Waals surface area contributed by atoms with Crippen LogP contribution in [0.4, 0.5) is 0 Å². The first-order valence-electron chi connectivity index (χ1n) is 4.69. The predicted octanol–water partition coefficient (Wildman–Crippen LogP) is 2.02. The first-order chi connectivity index (χ1) is 6.74. The van der Waals surface area contributed by atoms with E-state index in [9.17, 15) is 5.11 Å². The fourth-order valence-corrected chi connectivity index (χ4v) is 2.97. The van der Waals surface area contributed by atoms with Crippen LogP contribution in [0.2, 0.25) is 0 Å². The first kappa shape index (κ1) is 9.87. The van der Waals surface area contributed by atoms with E-state index < -0.39 is 5.60 Å². The lowest BCUT2D eigenvalue weighted by atomic mass is 9.93. The first-order valence-corrected chi connectivity index (χ1v) is 5.85. The number of ether oxygens (including phenoxy) is 1. The van der Waals surface area contributed by atoms with Crippen LogP contribution >= 0.6 is 11.8 Å². The normalized spacial score (nSPS) is 26.4. The smallest absolute Gasteiger partial charge is 0.119 e. The number of benzene rings is 1. The zero-order valence-electron chi connectivity index (χ0n) is 8.19. The highest BCUT2D eigenvalue weighted by atomic mass is 32.2. The van der Waals surface area contributed by atoms with E-state index >= 15 is 0 Å². The summed E-state index contributed by atoms with van der Waals surface area (Å²) < 4.78 is 5.14. The highest BCUT2D eigenvalue weighted by Gasteiger charge is 2.33. The van der Waals surface area contributed by atoms with Crippen molar-refractivity contribution in [2.24, 2.45) is 0 Å². The van der Waals surface area contributed by atoms with E-state index in [2.05, 4.69) is 0 Å². The van der Waals surface area contributed by atoms with Gasteiger partial charge in [-0.25, -0.2) is 0 Å². The van der Waals surface area contributed by atoms with Gasteiger partial charge in [0.15, 0.2) is 0 Å². The summed E-state index contributed by atoms with van der Waals surface area (Å²) in [5.41, 5.74) is 0.334. The minimum absolute atomic E-state index is 0.640. The van der Waals surface area contributed by atoms with Crippen molar-refractivity contribution in [3.05, 3.63) is 29.8 Å². The van der Waals surface area contributed by atoms with Crippen molar-refractivity contribution in [3.63, 3.8) is 0 Å². The molecule has 0 radical (unpaired) electrons. The van der Waals surface area contributed by atoms with Gasteiger partial charge in [-0.05, 0) is 29.9 Å². The molecular weight excluding hydrogens is 196 g/mol. The SMILES string of the molecule is COc1cccc([C@]2(O)CCSC2)c1. The lowest BCUT2D eigenvalue weighted by Gasteiger charge is -2.22. The van der Waals surface area contributed by atoms with Crippen molar-refractivity contribution in [1.29, 1.82) is 0 Å². The second-order valence-corrected chi connectivity index (χ2v) is 4.67. The molecular formula is C11H14O2S. The Labute approximate surface area is 88.3 Å².